The van der Waals surface area contributed by atoms with E-state index in [4.69, 9.17) is 22.7 Å². The van der Waals surface area contributed by atoms with E-state index in [9.17, 15) is 0 Å². The molecule has 0 saturated heterocycles. The summed E-state index contributed by atoms with van der Waals surface area (Å²) in [5, 5.41) is 7.37. The molecule has 1 heterocycles. The van der Waals surface area contributed by atoms with Crippen molar-refractivity contribution in [3.63, 3.8) is 0 Å². The van der Waals surface area contributed by atoms with Crippen molar-refractivity contribution in [1.82, 2.24) is 4.98 Å². The van der Waals surface area contributed by atoms with Gasteiger partial charge in [0, 0.05) is 11.8 Å². The Labute approximate surface area is 69.7 Å². The first-order valence-electron chi connectivity index (χ1n) is 3.08. The Morgan fingerprint density at radius 1 is 1.73 bits per heavy atom. The van der Waals surface area contributed by atoms with Crippen molar-refractivity contribution < 1.29 is 0 Å². The molecule has 0 aliphatic carbocycles. The molecule has 11 heavy (non-hydrogen) atoms. The maximum absolute atomic E-state index is 7.01. The number of nitrogens with one attached hydrogen (secondary N) is 1. The predicted octanol–water partition coefficient (Wildman–Crippen LogP) is 1.62. The molecule has 3 nitrogen and oxygen atoms in total. The smallest absolute Gasteiger partial charge is 0.134 e. The molecule has 1 rings (SSSR count). The van der Waals surface area contributed by atoms with Crippen LogP contribution >= 0.6 is 11.6 Å². The van der Waals surface area contributed by atoms with Gasteiger partial charge in [-0.15, -0.1) is 0 Å². The fourth-order valence-electron chi connectivity index (χ4n) is 0.854. The van der Waals surface area contributed by atoms with E-state index in [0.29, 0.717) is 16.5 Å². The molecule has 1 aromatic rings. The zero-order valence-electron chi connectivity index (χ0n) is 6.06. The van der Waals surface area contributed by atoms with Crippen molar-refractivity contribution in [3.8, 4) is 0 Å². The summed E-state index contributed by atoms with van der Waals surface area (Å²) in [6, 6.07) is 1.68. The number of anilines is 1. The fourth-order valence-corrected chi connectivity index (χ4v) is 1.11. The van der Waals surface area contributed by atoms with Gasteiger partial charge in [-0.25, -0.2) is 4.98 Å². The Morgan fingerprint density at radius 2 is 2.36 bits per heavy atom. The van der Waals surface area contributed by atoms with Crippen LogP contribution in [0.1, 0.15) is 11.1 Å². The first kappa shape index (κ1) is 8.01. The second kappa shape index (κ2) is 2.88. The van der Waals surface area contributed by atoms with Gasteiger partial charge in [-0.05, 0) is 18.6 Å². The average Bonchev–Trinajstić information content (AvgIpc) is 1.85. The lowest BCUT2D eigenvalue weighted by atomic mass is 10.1. The third kappa shape index (κ3) is 1.49. The van der Waals surface area contributed by atoms with Crippen LogP contribution in [0.5, 0.6) is 0 Å². The third-order valence-electron chi connectivity index (χ3n) is 1.41. The summed E-state index contributed by atoms with van der Waals surface area (Å²) in [6.07, 6.45) is 1.17. The summed E-state index contributed by atoms with van der Waals surface area (Å²) < 4.78 is 0. The highest BCUT2D eigenvalue weighted by molar-refractivity contribution is 6.29. The molecule has 0 aliphatic rings. The van der Waals surface area contributed by atoms with Crippen LogP contribution in [0.4, 0.5) is 5.82 Å². The highest BCUT2D eigenvalue weighted by atomic mass is 35.5. The number of hydrogen-bond acceptors (Lipinski definition) is 3. The van der Waals surface area contributed by atoms with E-state index in [1.165, 1.54) is 6.21 Å². The van der Waals surface area contributed by atoms with Crippen molar-refractivity contribution in [2.45, 2.75) is 6.92 Å². The number of rotatable bonds is 1. The van der Waals surface area contributed by atoms with Crippen LogP contribution in [0.25, 0.3) is 0 Å². The number of aryl methyl sites for hydroxylation is 1. The first-order valence-corrected chi connectivity index (χ1v) is 3.46. The number of hydrogen-bond donors (Lipinski definition) is 2. The van der Waals surface area contributed by atoms with E-state index in [2.05, 4.69) is 4.98 Å². The minimum atomic E-state index is 0.310. The molecule has 0 aliphatic heterocycles. The molecule has 0 fully saturated rings. The number of aromatic nitrogens is 1. The molecule has 58 valence electrons. The minimum absolute atomic E-state index is 0.310. The van der Waals surface area contributed by atoms with E-state index in [0.717, 1.165) is 5.56 Å². The lowest BCUT2D eigenvalue weighted by molar-refractivity contribution is 1.28. The Morgan fingerprint density at radius 3 is 2.82 bits per heavy atom. The summed E-state index contributed by atoms with van der Waals surface area (Å²) >= 11 is 5.61. The average molecular weight is 170 g/mol. The predicted molar refractivity (Wildman–Crippen MR) is 46.3 cm³/mol. The normalized spacial score (nSPS) is 9.64. The highest BCUT2D eigenvalue weighted by Gasteiger charge is 2.02. The van der Waals surface area contributed by atoms with E-state index < -0.39 is 0 Å². The topological polar surface area (TPSA) is 62.8 Å². The number of pyridine rings is 1. The van der Waals surface area contributed by atoms with Crippen LogP contribution in [0, 0.1) is 12.3 Å². The van der Waals surface area contributed by atoms with Crippen LogP contribution in [-0.2, 0) is 0 Å². The maximum Gasteiger partial charge on any atom is 0.134 e. The fraction of sp³-hybridized carbons (Fsp3) is 0.143. The second-order valence-electron chi connectivity index (χ2n) is 2.21. The van der Waals surface area contributed by atoms with Crippen molar-refractivity contribution in [2.24, 2.45) is 0 Å². The van der Waals surface area contributed by atoms with E-state index in [1.807, 2.05) is 6.92 Å². The van der Waals surface area contributed by atoms with Gasteiger partial charge in [0.15, 0.2) is 0 Å². The summed E-state index contributed by atoms with van der Waals surface area (Å²) in [5.74, 6) is 0.310. The van der Waals surface area contributed by atoms with E-state index >= 15 is 0 Å². The Balaban J connectivity index is 3.36. The van der Waals surface area contributed by atoms with Crippen molar-refractivity contribution in [3.05, 3.63) is 22.3 Å². The zero-order valence-corrected chi connectivity index (χ0v) is 6.81. The molecule has 0 bridgehead atoms. The Kier molecular flexibility index (Phi) is 2.10. The monoisotopic (exact) mass is 169 g/mol. The molecule has 0 unspecified atom stereocenters. The summed E-state index contributed by atoms with van der Waals surface area (Å²) in [5.41, 5.74) is 6.99. The number of nitrogens with two attached hydrogens (primary N) is 1. The lowest BCUT2D eigenvalue weighted by Gasteiger charge is -2.02. The molecule has 0 aromatic carbocycles. The van der Waals surface area contributed by atoms with Gasteiger partial charge in [0.1, 0.15) is 11.0 Å². The van der Waals surface area contributed by atoms with Crippen LogP contribution in [-0.4, -0.2) is 11.2 Å². The SMILES string of the molecule is Cc1cc(Cl)nc(N)c1C=N. The molecule has 0 amide bonds. The largest absolute Gasteiger partial charge is 0.383 e. The molecule has 4 heteroatoms. The number of nitrogen functional groups attached to an aromatic ring is 1. The number of halogens is 1. The molecule has 0 radical (unpaired) electrons. The van der Waals surface area contributed by atoms with Gasteiger partial charge in [0.2, 0.25) is 0 Å². The second-order valence-corrected chi connectivity index (χ2v) is 2.59. The van der Waals surface area contributed by atoms with Gasteiger partial charge in [-0.3, -0.25) is 0 Å². The third-order valence-corrected chi connectivity index (χ3v) is 1.60. The molecule has 0 spiro atoms. The Bertz CT molecular complexity index is 273. The molecular weight excluding hydrogens is 162 g/mol. The van der Waals surface area contributed by atoms with Gasteiger partial charge < -0.3 is 11.1 Å². The van der Waals surface area contributed by atoms with Crippen LogP contribution < -0.4 is 5.73 Å². The quantitative estimate of drug-likeness (QED) is 0.496. The summed E-state index contributed by atoms with van der Waals surface area (Å²) in [6.45, 7) is 1.84. The maximum atomic E-state index is 7.01. The van der Waals surface area contributed by atoms with Gasteiger partial charge in [0.05, 0.1) is 0 Å². The van der Waals surface area contributed by atoms with E-state index in [1.54, 1.807) is 6.07 Å². The van der Waals surface area contributed by atoms with Crippen LogP contribution in [0.2, 0.25) is 5.15 Å². The van der Waals surface area contributed by atoms with Crippen molar-refractivity contribution in [2.75, 3.05) is 5.73 Å². The highest BCUT2D eigenvalue weighted by Crippen LogP contribution is 2.16. The molecular formula is C7H8ClN3. The van der Waals surface area contributed by atoms with Gasteiger partial charge in [0.25, 0.3) is 0 Å². The standard InChI is InChI=1S/C7H8ClN3/c1-4-2-6(8)11-7(10)5(4)3-9/h2-3,9H,1H3,(H2,10,11). The van der Waals surface area contributed by atoms with Gasteiger partial charge in [-0.2, -0.15) is 0 Å². The van der Waals surface area contributed by atoms with Crippen LogP contribution in [0.15, 0.2) is 6.07 Å². The molecule has 3 N–H and O–H groups in total. The van der Waals surface area contributed by atoms with Crippen LogP contribution in [0.3, 0.4) is 0 Å². The summed E-state index contributed by atoms with van der Waals surface area (Å²) in [7, 11) is 0. The van der Waals surface area contributed by atoms with Gasteiger partial charge >= 0.3 is 0 Å². The minimum Gasteiger partial charge on any atom is -0.383 e. The van der Waals surface area contributed by atoms with Crippen molar-refractivity contribution >= 4 is 23.6 Å². The Hall–Kier alpha value is -1.09. The van der Waals surface area contributed by atoms with Gasteiger partial charge in [-0.1, -0.05) is 11.6 Å². The zero-order chi connectivity index (χ0) is 8.43. The summed E-state index contributed by atoms with van der Waals surface area (Å²) in [4.78, 5) is 3.80. The van der Waals surface area contributed by atoms with Crippen molar-refractivity contribution in [1.29, 1.82) is 5.41 Å². The molecule has 1 aromatic heterocycles. The first-order chi connectivity index (χ1) is 5.15. The lowest BCUT2D eigenvalue weighted by Crippen LogP contribution is -1.99. The number of nitrogens with zero attached hydrogens (tertiary/aromatic N) is 1. The molecule has 0 saturated carbocycles. The van der Waals surface area contributed by atoms with E-state index in [-0.39, 0.29) is 0 Å². The molecule has 0 atom stereocenters.